The van der Waals surface area contributed by atoms with E-state index in [9.17, 15) is 4.79 Å². The molecule has 17 heavy (non-hydrogen) atoms. The van der Waals surface area contributed by atoms with E-state index in [1.54, 1.807) is 0 Å². The number of hydrogen-bond donors (Lipinski definition) is 1. The highest BCUT2D eigenvalue weighted by molar-refractivity contribution is 5.87. The summed E-state index contributed by atoms with van der Waals surface area (Å²) in [6.45, 7) is 0.586. The summed E-state index contributed by atoms with van der Waals surface area (Å²) >= 11 is 0. The Morgan fingerprint density at radius 1 is 0.941 bits per heavy atom. The Labute approximate surface area is 105 Å². The Morgan fingerprint density at radius 3 is 2.00 bits per heavy atom. The SMILES string of the molecule is NCC1(C(=O)C2CCCCC2)CCCCCC1. The van der Waals surface area contributed by atoms with Gasteiger partial charge in [0, 0.05) is 17.9 Å². The van der Waals surface area contributed by atoms with Gasteiger partial charge in [0.15, 0.2) is 0 Å². The molecule has 2 fully saturated rings. The van der Waals surface area contributed by atoms with Gasteiger partial charge >= 0.3 is 0 Å². The van der Waals surface area contributed by atoms with Crippen LogP contribution in [0.4, 0.5) is 0 Å². The van der Waals surface area contributed by atoms with Gasteiger partial charge in [-0.15, -0.1) is 0 Å². The lowest BCUT2D eigenvalue weighted by Gasteiger charge is -2.35. The number of rotatable bonds is 3. The zero-order valence-electron chi connectivity index (χ0n) is 11.0. The summed E-state index contributed by atoms with van der Waals surface area (Å²) in [5.74, 6) is 0.868. The molecule has 98 valence electrons. The first-order chi connectivity index (χ1) is 8.28. The van der Waals surface area contributed by atoms with Gasteiger partial charge in [0.2, 0.25) is 0 Å². The molecule has 0 amide bonds. The lowest BCUT2D eigenvalue weighted by atomic mass is 9.69. The van der Waals surface area contributed by atoms with E-state index in [-0.39, 0.29) is 5.41 Å². The fourth-order valence-electron chi connectivity index (χ4n) is 3.75. The van der Waals surface area contributed by atoms with Crippen molar-refractivity contribution in [2.75, 3.05) is 6.54 Å². The van der Waals surface area contributed by atoms with Crippen molar-refractivity contribution < 1.29 is 4.79 Å². The second-order valence-electron chi connectivity index (χ2n) is 6.10. The van der Waals surface area contributed by atoms with Gasteiger partial charge in [-0.2, -0.15) is 0 Å². The Balaban J connectivity index is 2.06. The van der Waals surface area contributed by atoms with Gasteiger partial charge < -0.3 is 5.73 Å². The van der Waals surface area contributed by atoms with Gasteiger partial charge in [-0.25, -0.2) is 0 Å². The summed E-state index contributed by atoms with van der Waals surface area (Å²) in [6.07, 6.45) is 13.2. The molecule has 2 aliphatic carbocycles. The number of Topliss-reactive ketones (excluding diaryl/α,β-unsaturated/α-hetero) is 1. The monoisotopic (exact) mass is 237 g/mol. The molecule has 2 nitrogen and oxygen atoms in total. The van der Waals surface area contributed by atoms with E-state index in [4.69, 9.17) is 5.73 Å². The maximum absolute atomic E-state index is 12.8. The molecular formula is C15H27NO. The third kappa shape index (κ3) is 2.90. The molecule has 0 aromatic rings. The van der Waals surface area contributed by atoms with Crippen molar-refractivity contribution in [1.29, 1.82) is 0 Å². The van der Waals surface area contributed by atoms with Crippen LogP contribution in [0.15, 0.2) is 0 Å². The molecular weight excluding hydrogens is 210 g/mol. The molecule has 0 unspecified atom stereocenters. The molecule has 2 N–H and O–H groups in total. The van der Waals surface area contributed by atoms with Gasteiger partial charge in [0.05, 0.1) is 0 Å². The molecule has 0 saturated heterocycles. The Hall–Kier alpha value is -0.370. The third-order valence-electron chi connectivity index (χ3n) is 4.95. The minimum Gasteiger partial charge on any atom is -0.329 e. The molecule has 0 aromatic carbocycles. The normalized spacial score (nSPS) is 26.4. The lowest BCUT2D eigenvalue weighted by molar-refractivity contribution is -0.134. The number of carbonyl (C=O) groups is 1. The molecule has 0 spiro atoms. The third-order valence-corrected chi connectivity index (χ3v) is 4.95. The quantitative estimate of drug-likeness (QED) is 0.764. The summed E-state index contributed by atoms with van der Waals surface area (Å²) in [5, 5.41) is 0. The molecule has 2 rings (SSSR count). The van der Waals surface area contributed by atoms with Gasteiger partial charge in [0.1, 0.15) is 5.78 Å². The number of hydrogen-bond acceptors (Lipinski definition) is 2. The van der Waals surface area contributed by atoms with Crippen LogP contribution >= 0.6 is 0 Å². The van der Waals surface area contributed by atoms with Crippen molar-refractivity contribution >= 4 is 5.78 Å². The maximum Gasteiger partial charge on any atom is 0.143 e. The predicted molar refractivity (Wildman–Crippen MR) is 70.8 cm³/mol. The van der Waals surface area contributed by atoms with Gasteiger partial charge in [0.25, 0.3) is 0 Å². The second-order valence-corrected chi connectivity index (χ2v) is 6.10. The summed E-state index contributed by atoms with van der Waals surface area (Å²) in [6, 6.07) is 0. The maximum atomic E-state index is 12.8. The number of carbonyl (C=O) groups excluding carboxylic acids is 1. The van der Waals surface area contributed by atoms with E-state index in [1.165, 1.54) is 44.9 Å². The van der Waals surface area contributed by atoms with Gasteiger partial charge in [-0.05, 0) is 25.7 Å². The number of ketones is 1. The molecule has 0 aromatic heterocycles. The molecule has 2 heteroatoms. The molecule has 0 heterocycles. The largest absolute Gasteiger partial charge is 0.329 e. The fraction of sp³-hybridized carbons (Fsp3) is 0.933. The molecule has 2 aliphatic rings. The topological polar surface area (TPSA) is 43.1 Å². The zero-order chi connectivity index (χ0) is 12.1. The Kier molecular flexibility index (Phi) is 4.61. The molecule has 2 saturated carbocycles. The zero-order valence-corrected chi connectivity index (χ0v) is 11.0. The van der Waals surface area contributed by atoms with Crippen LogP contribution in [0.25, 0.3) is 0 Å². The molecule has 0 bridgehead atoms. The van der Waals surface area contributed by atoms with Crippen LogP contribution in [-0.2, 0) is 4.79 Å². The van der Waals surface area contributed by atoms with Crippen molar-refractivity contribution in [2.24, 2.45) is 17.1 Å². The summed E-state index contributed by atoms with van der Waals surface area (Å²) in [5.41, 5.74) is 5.85. The fourth-order valence-corrected chi connectivity index (χ4v) is 3.75. The van der Waals surface area contributed by atoms with Crippen LogP contribution in [-0.4, -0.2) is 12.3 Å². The van der Waals surface area contributed by atoms with E-state index in [1.807, 2.05) is 0 Å². The minimum absolute atomic E-state index is 0.140. The van der Waals surface area contributed by atoms with Crippen LogP contribution in [0.3, 0.4) is 0 Å². The smallest absolute Gasteiger partial charge is 0.143 e. The molecule has 0 atom stereocenters. The number of nitrogens with two attached hydrogens (primary N) is 1. The van der Waals surface area contributed by atoms with Gasteiger partial charge in [-0.1, -0.05) is 44.9 Å². The van der Waals surface area contributed by atoms with Crippen molar-refractivity contribution in [3.8, 4) is 0 Å². The van der Waals surface area contributed by atoms with E-state index >= 15 is 0 Å². The van der Waals surface area contributed by atoms with Crippen LogP contribution < -0.4 is 5.73 Å². The summed E-state index contributed by atoms with van der Waals surface area (Å²) in [4.78, 5) is 12.8. The van der Waals surface area contributed by atoms with Crippen LogP contribution in [0.5, 0.6) is 0 Å². The van der Waals surface area contributed by atoms with Crippen molar-refractivity contribution in [3.05, 3.63) is 0 Å². The first kappa shape index (κ1) is 13.1. The van der Waals surface area contributed by atoms with Crippen LogP contribution in [0.2, 0.25) is 0 Å². The highest BCUT2D eigenvalue weighted by Gasteiger charge is 2.40. The average Bonchev–Trinajstić information content (AvgIpc) is 2.65. The van der Waals surface area contributed by atoms with E-state index in [0.29, 0.717) is 18.2 Å². The Morgan fingerprint density at radius 2 is 1.47 bits per heavy atom. The highest BCUT2D eigenvalue weighted by atomic mass is 16.1. The average molecular weight is 237 g/mol. The first-order valence-electron chi connectivity index (χ1n) is 7.53. The molecule has 0 radical (unpaired) electrons. The summed E-state index contributed by atoms with van der Waals surface area (Å²) < 4.78 is 0. The van der Waals surface area contributed by atoms with Crippen molar-refractivity contribution in [1.82, 2.24) is 0 Å². The van der Waals surface area contributed by atoms with Crippen LogP contribution in [0.1, 0.15) is 70.6 Å². The molecule has 0 aliphatic heterocycles. The van der Waals surface area contributed by atoms with Crippen molar-refractivity contribution in [3.63, 3.8) is 0 Å². The standard InChI is InChI=1S/C15H27NO/c16-12-15(10-6-1-2-7-11-15)14(17)13-8-4-3-5-9-13/h13H,1-12,16H2. The Bertz CT molecular complexity index is 248. The van der Waals surface area contributed by atoms with Crippen LogP contribution in [0, 0.1) is 11.3 Å². The minimum atomic E-state index is -0.140. The summed E-state index contributed by atoms with van der Waals surface area (Å²) in [7, 11) is 0. The van der Waals surface area contributed by atoms with E-state index in [2.05, 4.69) is 0 Å². The highest BCUT2D eigenvalue weighted by Crippen LogP contribution is 2.40. The van der Waals surface area contributed by atoms with E-state index < -0.39 is 0 Å². The van der Waals surface area contributed by atoms with E-state index in [0.717, 1.165) is 25.7 Å². The second kappa shape index (κ2) is 5.99. The lowest BCUT2D eigenvalue weighted by Crippen LogP contribution is -2.42. The van der Waals surface area contributed by atoms with Crippen molar-refractivity contribution in [2.45, 2.75) is 70.6 Å². The first-order valence-corrected chi connectivity index (χ1v) is 7.53. The predicted octanol–water partition coefficient (Wildman–Crippen LogP) is 3.44. The van der Waals surface area contributed by atoms with Gasteiger partial charge in [-0.3, -0.25) is 4.79 Å².